The molecule has 0 saturated heterocycles. The fraction of sp³-hybridized carbons (Fsp3) is 0.458. The third kappa shape index (κ3) is 7.65. The molecule has 0 radical (unpaired) electrons. The van der Waals surface area contributed by atoms with E-state index in [2.05, 4.69) is 0 Å². The smallest absolute Gasteiger partial charge is 0.340 e. The van der Waals surface area contributed by atoms with Gasteiger partial charge in [-0.2, -0.15) is 8.78 Å². The molecule has 0 heterocycles. The molecule has 0 saturated carbocycles. The summed E-state index contributed by atoms with van der Waals surface area (Å²) >= 11 is 0. The molecule has 192 valence electrons. The Hall–Kier alpha value is -2.68. The first-order valence-electron chi connectivity index (χ1n) is 10.7. The van der Waals surface area contributed by atoms with Gasteiger partial charge in [0, 0.05) is 11.1 Å². The van der Waals surface area contributed by atoms with Gasteiger partial charge in [-0.15, -0.1) is 0 Å². The molecule has 0 spiro atoms. The number of rotatable bonds is 9. The summed E-state index contributed by atoms with van der Waals surface area (Å²) in [6, 6.07) is 8.32. The Bertz CT molecular complexity index is 1060. The first-order valence-corrected chi connectivity index (χ1v) is 11.8. The van der Waals surface area contributed by atoms with E-state index in [9.17, 15) is 14.4 Å². The summed E-state index contributed by atoms with van der Waals surface area (Å²) in [7, 11) is -3.07. The van der Waals surface area contributed by atoms with E-state index in [0.29, 0.717) is 10.8 Å². The van der Waals surface area contributed by atoms with Gasteiger partial charge in [-0.05, 0) is 70.5 Å². The van der Waals surface area contributed by atoms with Crippen molar-refractivity contribution in [1.82, 2.24) is 0 Å². The first-order chi connectivity index (χ1) is 16.0. The van der Waals surface area contributed by atoms with Crippen LogP contribution in [0.3, 0.4) is 0 Å². The minimum Gasteiger partial charge on any atom is -0.438 e. The zero-order valence-electron chi connectivity index (χ0n) is 20.5. The van der Waals surface area contributed by atoms with Gasteiger partial charge in [-0.25, -0.2) is 0 Å². The van der Waals surface area contributed by atoms with Gasteiger partial charge < -0.3 is 15.2 Å². The highest BCUT2D eigenvalue weighted by Crippen LogP contribution is 2.60. The summed E-state index contributed by atoms with van der Waals surface area (Å²) in [6.07, 6.45) is 0. The number of nitrogens with two attached hydrogens (primary N) is 1. The normalized spacial score (nSPS) is 12.6. The maximum Gasteiger partial charge on any atom is 0.340 e. The number of carbonyl (C=O) groups excluding carboxylic acids is 3. The van der Waals surface area contributed by atoms with Crippen LogP contribution in [0.4, 0.5) is 8.78 Å². The lowest BCUT2D eigenvalue weighted by molar-refractivity contribution is -0.162. The quantitative estimate of drug-likeness (QED) is 0.270. The largest absolute Gasteiger partial charge is 0.438 e. The molecule has 2 aromatic rings. The summed E-state index contributed by atoms with van der Waals surface area (Å²) in [5.74, 6) is -2.00. The van der Waals surface area contributed by atoms with Gasteiger partial charge in [0.2, 0.25) is 5.91 Å². The van der Waals surface area contributed by atoms with Crippen LogP contribution in [0.2, 0.25) is 0 Å². The molecule has 0 aromatic heterocycles. The van der Waals surface area contributed by atoms with Crippen LogP contribution in [0.5, 0.6) is 0 Å². The van der Waals surface area contributed by atoms with Crippen LogP contribution in [0.15, 0.2) is 36.4 Å². The number of benzene rings is 2. The molecular weight excluding hydrogens is 483 g/mol. The summed E-state index contributed by atoms with van der Waals surface area (Å²) in [5, 5.41) is 0.964. The van der Waals surface area contributed by atoms with Crippen LogP contribution in [-0.4, -0.2) is 31.4 Å². The van der Waals surface area contributed by atoms with Crippen molar-refractivity contribution in [3.8, 4) is 0 Å². The number of halogens is 2. The molecule has 35 heavy (non-hydrogen) atoms. The predicted molar refractivity (Wildman–Crippen MR) is 126 cm³/mol. The molecule has 0 atom stereocenters. The van der Waals surface area contributed by atoms with Gasteiger partial charge in [0.05, 0.1) is 10.8 Å². The van der Waals surface area contributed by atoms with Gasteiger partial charge in [0.1, 0.15) is 0 Å². The van der Waals surface area contributed by atoms with Crippen molar-refractivity contribution in [1.29, 1.82) is 0 Å². The summed E-state index contributed by atoms with van der Waals surface area (Å²) < 4.78 is 51.3. The molecule has 2 aromatic carbocycles. The monoisotopic (exact) mass is 513 g/mol. The zero-order chi connectivity index (χ0) is 26.6. The number of fused-ring (bicyclic) bond motifs is 1. The van der Waals surface area contributed by atoms with Crippen LogP contribution >= 0.6 is 8.38 Å². The van der Waals surface area contributed by atoms with Crippen molar-refractivity contribution in [2.45, 2.75) is 47.2 Å². The lowest BCUT2D eigenvalue weighted by Crippen LogP contribution is -2.25. The molecule has 11 heteroatoms. The number of primary amides is 1. The number of alkyl halides is 2. The van der Waals surface area contributed by atoms with E-state index < -0.39 is 61.9 Å². The molecule has 0 bridgehead atoms. The molecule has 0 unspecified atom stereocenters. The number of hydrogen-bond acceptors (Lipinski definition) is 7. The van der Waals surface area contributed by atoms with Gasteiger partial charge in [-0.3, -0.25) is 23.4 Å². The van der Waals surface area contributed by atoms with E-state index in [1.54, 1.807) is 47.6 Å². The van der Waals surface area contributed by atoms with E-state index in [4.69, 9.17) is 24.3 Å². The SMILES string of the molecule is CC(C)(C)C(=O)OCOP(OCOC(=O)C(C)(C)C)C(F)(F)c1ccc2ccc(C(N)=O)cc2c1. The van der Waals surface area contributed by atoms with Crippen molar-refractivity contribution < 1.29 is 41.7 Å². The standard InChI is InChI=1S/C24H30F2NO7P/c1-22(2,3)20(29)31-13-33-35(34-14-32-21(30)23(4,5)6)24(25,26)18-10-9-15-7-8-16(19(27)28)11-17(15)12-18/h7-12H,13-14H2,1-6H3,(H2,27,28). The maximum atomic E-state index is 15.5. The molecule has 0 aliphatic carbocycles. The van der Waals surface area contributed by atoms with E-state index in [1.165, 1.54) is 30.3 Å². The second-order valence-electron chi connectivity index (χ2n) is 9.80. The van der Waals surface area contributed by atoms with E-state index in [0.717, 1.165) is 0 Å². The van der Waals surface area contributed by atoms with Crippen molar-refractivity contribution in [3.63, 3.8) is 0 Å². The minimum atomic E-state index is -3.70. The lowest BCUT2D eigenvalue weighted by Gasteiger charge is -2.27. The van der Waals surface area contributed by atoms with Gasteiger partial charge >= 0.3 is 17.6 Å². The van der Waals surface area contributed by atoms with Gasteiger partial charge in [-0.1, -0.05) is 18.2 Å². The Labute approximate surface area is 204 Å². The van der Waals surface area contributed by atoms with E-state index in [1.807, 2.05) is 0 Å². The average Bonchev–Trinajstić information content (AvgIpc) is 2.75. The summed E-state index contributed by atoms with van der Waals surface area (Å²) in [4.78, 5) is 35.4. The third-order valence-corrected chi connectivity index (χ3v) is 6.04. The van der Waals surface area contributed by atoms with Crippen molar-refractivity contribution in [2.75, 3.05) is 13.6 Å². The molecule has 0 aliphatic heterocycles. The Kier molecular flexibility index (Phi) is 8.92. The van der Waals surface area contributed by atoms with Gasteiger partial charge in [0.15, 0.2) is 13.6 Å². The highest BCUT2D eigenvalue weighted by Gasteiger charge is 2.46. The fourth-order valence-corrected chi connectivity index (χ4v) is 3.63. The number of hydrogen-bond donors (Lipinski definition) is 1. The Morgan fingerprint density at radius 1 is 0.800 bits per heavy atom. The molecule has 0 fully saturated rings. The summed E-state index contributed by atoms with van der Waals surface area (Å²) in [5.41, 5.74) is -0.451. The molecule has 1 amide bonds. The lowest BCUT2D eigenvalue weighted by atomic mass is 9.98. The molecule has 8 nitrogen and oxygen atoms in total. The van der Waals surface area contributed by atoms with Crippen LogP contribution in [0, 0.1) is 10.8 Å². The Morgan fingerprint density at radius 2 is 1.29 bits per heavy atom. The van der Waals surface area contributed by atoms with E-state index >= 15 is 8.78 Å². The Balaban J connectivity index is 2.29. The molecular formula is C24H30F2NO7P. The number of ether oxygens (including phenoxy) is 2. The van der Waals surface area contributed by atoms with Crippen molar-refractivity contribution >= 4 is 37.0 Å². The first kappa shape index (κ1) is 28.6. The number of esters is 2. The molecule has 2 rings (SSSR count). The summed E-state index contributed by atoms with van der Waals surface area (Å²) in [6.45, 7) is 8.04. The number of carbonyl (C=O) groups is 3. The molecule has 0 aliphatic rings. The fourth-order valence-electron chi connectivity index (χ4n) is 2.58. The molecule has 2 N–H and O–H groups in total. The predicted octanol–water partition coefficient (Wildman–Crippen LogP) is 5.43. The van der Waals surface area contributed by atoms with Crippen LogP contribution < -0.4 is 5.73 Å². The van der Waals surface area contributed by atoms with Gasteiger partial charge in [0.25, 0.3) is 8.38 Å². The van der Waals surface area contributed by atoms with Crippen molar-refractivity contribution in [3.05, 3.63) is 47.5 Å². The Morgan fingerprint density at radius 3 is 1.74 bits per heavy atom. The zero-order valence-corrected chi connectivity index (χ0v) is 21.4. The maximum absolute atomic E-state index is 15.5. The number of amides is 1. The second kappa shape index (κ2) is 10.9. The van der Waals surface area contributed by atoms with Crippen LogP contribution in [0.1, 0.15) is 57.5 Å². The topological polar surface area (TPSA) is 114 Å². The average molecular weight is 513 g/mol. The van der Waals surface area contributed by atoms with Crippen molar-refractivity contribution in [2.24, 2.45) is 16.6 Å². The van der Waals surface area contributed by atoms with Crippen LogP contribution in [-0.2, 0) is 33.8 Å². The minimum absolute atomic E-state index is 0.163. The van der Waals surface area contributed by atoms with E-state index in [-0.39, 0.29) is 5.56 Å². The third-order valence-electron chi connectivity index (χ3n) is 4.65. The van der Waals surface area contributed by atoms with Crippen LogP contribution in [0.25, 0.3) is 10.8 Å². The highest BCUT2D eigenvalue weighted by atomic mass is 31.2. The second-order valence-corrected chi connectivity index (χ2v) is 11.4. The highest BCUT2D eigenvalue weighted by molar-refractivity contribution is 7.48.